The van der Waals surface area contributed by atoms with E-state index < -0.39 is 8.32 Å². The Hall–Kier alpha value is -1.68. The molecule has 0 aliphatic heterocycles. The summed E-state index contributed by atoms with van der Waals surface area (Å²) < 4.78 is 6.85. The average Bonchev–Trinajstić information content (AvgIpc) is 2.65. The SMILES string of the molecule is C=CC[C@H](O)CCCCO[Si](c1ccccc1)(c1ccccc1)C(C)(C)C. The average molecular weight is 383 g/mol. The number of hydrogen-bond acceptors (Lipinski definition) is 2. The summed E-state index contributed by atoms with van der Waals surface area (Å²) in [7, 11) is -2.42. The zero-order chi connectivity index (χ0) is 19.8. The molecule has 0 radical (unpaired) electrons. The monoisotopic (exact) mass is 382 g/mol. The fraction of sp³-hybridized carbons (Fsp3) is 0.417. The van der Waals surface area contributed by atoms with Gasteiger partial charge in [-0.2, -0.15) is 0 Å². The van der Waals surface area contributed by atoms with Crippen LogP contribution in [0, 0.1) is 0 Å². The standard InChI is InChI=1S/C24H34O2Si/c1-5-14-21(25)15-12-13-20-26-27(24(2,3)4,22-16-8-6-9-17-22)23-18-10-7-11-19-23/h5-11,16-19,21,25H,1,12-15,20H2,2-4H3/t21-/m0/s1. The van der Waals surface area contributed by atoms with Crippen LogP contribution >= 0.6 is 0 Å². The first-order valence-corrected chi connectivity index (χ1v) is 11.9. The highest BCUT2D eigenvalue weighted by atomic mass is 28.4. The first kappa shape index (κ1) is 21.6. The van der Waals surface area contributed by atoms with Crippen LogP contribution in [-0.4, -0.2) is 26.1 Å². The Labute approximate surface area is 166 Å². The minimum atomic E-state index is -2.42. The molecule has 0 amide bonds. The third-order valence-electron chi connectivity index (χ3n) is 5.11. The fourth-order valence-corrected chi connectivity index (χ4v) is 8.39. The molecule has 0 heterocycles. The number of aliphatic hydroxyl groups excluding tert-OH is 1. The summed E-state index contributed by atoms with van der Waals surface area (Å²) in [5.41, 5.74) is 0. The molecule has 0 saturated heterocycles. The number of aliphatic hydroxyl groups is 1. The molecule has 0 unspecified atom stereocenters. The van der Waals surface area contributed by atoms with Gasteiger partial charge in [-0.25, -0.2) is 0 Å². The van der Waals surface area contributed by atoms with Crippen molar-refractivity contribution < 1.29 is 9.53 Å². The van der Waals surface area contributed by atoms with E-state index in [0.717, 1.165) is 19.3 Å². The van der Waals surface area contributed by atoms with E-state index in [-0.39, 0.29) is 11.1 Å². The second-order valence-corrected chi connectivity index (χ2v) is 12.5. The third-order valence-corrected chi connectivity index (χ3v) is 10.1. The van der Waals surface area contributed by atoms with Gasteiger partial charge < -0.3 is 9.53 Å². The molecular formula is C24H34O2Si. The maximum Gasteiger partial charge on any atom is 0.261 e. The van der Waals surface area contributed by atoms with Gasteiger partial charge in [0.15, 0.2) is 0 Å². The Bertz CT molecular complexity index is 637. The minimum absolute atomic E-state index is 0.0120. The van der Waals surface area contributed by atoms with Crippen LogP contribution in [0.1, 0.15) is 46.5 Å². The van der Waals surface area contributed by atoms with E-state index >= 15 is 0 Å². The number of unbranched alkanes of at least 4 members (excludes halogenated alkanes) is 1. The van der Waals surface area contributed by atoms with Crippen molar-refractivity contribution >= 4 is 18.7 Å². The van der Waals surface area contributed by atoms with Gasteiger partial charge in [0, 0.05) is 6.61 Å². The Morgan fingerprint density at radius 3 is 1.93 bits per heavy atom. The Morgan fingerprint density at radius 2 is 1.48 bits per heavy atom. The Balaban J connectivity index is 2.24. The molecule has 0 aliphatic carbocycles. The quantitative estimate of drug-likeness (QED) is 0.367. The molecular weight excluding hydrogens is 348 g/mol. The maximum atomic E-state index is 9.89. The molecule has 146 valence electrons. The first-order valence-electron chi connectivity index (χ1n) is 9.96. The highest BCUT2D eigenvalue weighted by Crippen LogP contribution is 2.36. The summed E-state index contributed by atoms with van der Waals surface area (Å²) in [6.45, 7) is 11.3. The van der Waals surface area contributed by atoms with Gasteiger partial charge in [0.05, 0.1) is 6.10 Å². The second kappa shape index (κ2) is 10.0. The lowest BCUT2D eigenvalue weighted by Gasteiger charge is -2.43. The van der Waals surface area contributed by atoms with Crippen LogP contribution in [0.5, 0.6) is 0 Å². The van der Waals surface area contributed by atoms with Gasteiger partial charge in [0.25, 0.3) is 8.32 Å². The molecule has 2 aromatic carbocycles. The lowest BCUT2D eigenvalue weighted by Crippen LogP contribution is -2.66. The van der Waals surface area contributed by atoms with Gasteiger partial charge in [-0.3, -0.25) is 0 Å². The van der Waals surface area contributed by atoms with E-state index in [1.807, 2.05) is 0 Å². The largest absolute Gasteiger partial charge is 0.407 e. The molecule has 0 spiro atoms. The van der Waals surface area contributed by atoms with Gasteiger partial charge in [-0.15, -0.1) is 6.58 Å². The topological polar surface area (TPSA) is 29.5 Å². The van der Waals surface area contributed by atoms with Crippen LogP contribution in [0.15, 0.2) is 73.3 Å². The van der Waals surface area contributed by atoms with Gasteiger partial charge >= 0.3 is 0 Å². The molecule has 2 aromatic rings. The Kier molecular flexibility index (Phi) is 8.02. The van der Waals surface area contributed by atoms with Crippen molar-refractivity contribution in [2.75, 3.05) is 6.61 Å². The van der Waals surface area contributed by atoms with E-state index in [1.54, 1.807) is 6.08 Å². The number of rotatable bonds is 10. The van der Waals surface area contributed by atoms with Crippen LogP contribution in [0.4, 0.5) is 0 Å². The lowest BCUT2D eigenvalue weighted by molar-refractivity contribution is 0.160. The molecule has 1 atom stereocenters. The molecule has 2 rings (SSSR count). The van der Waals surface area contributed by atoms with E-state index in [4.69, 9.17) is 4.43 Å². The summed E-state index contributed by atoms with van der Waals surface area (Å²) in [5, 5.41) is 12.5. The second-order valence-electron chi connectivity index (χ2n) is 8.19. The highest BCUT2D eigenvalue weighted by Gasteiger charge is 2.49. The maximum absolute atomic E-state index is 9.89. The fourth-order valence-electron chi connectivity index (χ4n) is 3.78. The van der Waals surface area contributed by atoms with Crippen LogP contribution in [0.3, 0.4) is 0 Å². The van der Waals surface area contributed by atoms with E-state index in [0.29, 0.717) is 13.0 Å². The van der Waals surface area contributed by atoms with Crippen LogP contribution in [-0.2, 0) is 4.43 Å². The molecule has 2 nitrogen and oxygen atoms in total. The summed E-state index contributed by atoms with van der Waals surface area (Å²) in [6.07, 6.45) is 4.89. The first-order chi connectivity index (χ1) is 12.9. The molecule has 1 N–H and O–H groups in total. The van der Waals surface area contributed by atoms with Crippen LogP contribution in [0.2, 0.25) is 5.04 Å². The van der Waals surface area contributed by atoms with E-state index in [1.165, 1.54) is 10.4 Å². The van der Waals surface area contributed by atoms with Crippen molar-refractivity contribution in [1.82, 2.24) is 0 Å². The van der Waals surface area contributed by atoms with E-state index in [9.17, 15) is 5.11 Å². The normalized spacial score (nSPS) is 13.3. The molecule has 0 bridgehead atoms. The molecule has 0 aromatic heterocycles. The number of benzene rings is 2. The molecule has 3 heteroatoms. The summed E-state index contributed by atoms with van der Waals surface area (Å²) in [6, 6.07) is 21.5. The van der Waals surface area contributed by atoms with Gasteiger partial charge in [0.2, 0.25) is 0 Å². The van der Waals surface area contributed by atoms with Gasteiger partial charge in [0.1, 0.15) is 0 Å². The molecule has 27 heavy (non-hydrogen) atoms. The van der Waals surface area contributed by atoms with Crippen molar-refractivity contribution in [3.8, 4) is 0 Å². The Morgan fingerprint density at radius 1 is 0.963 bits per heavy atom. The van der Waals surface area contributed by atoms with Crippen molar-refractivity contribution in [2.45, 2.75) is 57.6 Å². The van der Waals surface area contributed by atoms with Crippen molar-refractivity contribution in [3.05, 3.63) is 73.3 Å². The zero-order valence-corrected chi connectivity index (χ0v) is 18.0. The number of hydrogen-bond donors (Lipinski definition) is 1. The van der Waals surface area contributed by atoms with Crippen LogP contribution < -0.4 is 10.4 Å². The van der Waals surface area contributed by atoms with Crippen molar-refractivity contribution in [2.24, 2.45) is 0 Å². The molecule has 0 saturated carbocycles. The van der Waals surface area contributed by atoms with Gasteiger partial charge in [-0.05, 0) is 41.1 Å². The van der Waals surface area contributed by atoms with Crippen LogP contribution in [0.25, 0.3) is 0 Å². The predicted octanol–water partition coefficient (Wildman–Crippen LogP) is 4.67. The van der Waals surface area contributed by atoms with E-state index in [2.05, 4.69) is 88.0 Å². The third kappa shape index (κ3) is 5.41. The molecule has 0 fully saturated rings. The van der Waals surface area contributed by atoms with Gasteiger partial charge in [-0.1, -0.05) is 87.5 Å². The van der Waals surface area contributed by atoms with Crippen molar-refractivity contribution in [3.63, 3.8) is 0 Å². The summed E-state index contributed by atoms with van der Waals surface area (Å²) in [5.74, 6) is 0. The summed E-state index contributed by atoms with van der Waals surface area (Å²) >= 11 is 0. The lowest BCUT2D eigenvalue weighted by atomic mass is 10.1. The highest BCUT2D eigenvalue weighted by molar-refractivity contribution is 6.99. The minimum Gasteiger partial charge on any atom is -0.407 e. The summed E-state index contributed by atoms with van der Waals surface area (Å²) in [4.78, 5) is 0. The zero-order valence-electron chi connectivity index (χ0n) is 17.0. The van der Waals surface area contributed by atoms with Crippen molar-refractivity contribution in [1.29, 1.82) is 0 Å². The molecule has 0 aliphatic rings. The smallest absolute Gasteiger partial charge is 0.261 e. The predicted molar refractivity (Wildman–Crippen MR) is 118 cm³/mol.